The molecule has 0 aliphatic rings. The standard InChI is InChI=1S/C16H10F21NO4S/c1-4-38(14(32,33)15(34,35)42-6(39)5(2)3)43(40,41)16(36,37)12(27,28)10(23,24)8(19,20)7(17,18)9(21,22)11(25,26)13(29,30)31/h2,4H2,1,3H3. The quantitative estimate of drug-likeness (QED) is 0.0903. The van der Waals surface area contributed by atoms with Crippen LogP contribution in [0.2, 0.25) is 0 Å². The SMILES string of the molecule is C=C(C)C(=O)OC(F)(F)C(F)(F)N(CC)S(=O)(=O)C(F)(F)C(F)(F)C(F)(F)C(F)(F)C(F)(F)C(F)(F)C(F)(F)C(F)(F)F. The molecule has 0 radical (unpaired) electrons. The Hall–Kier alpha value is -2.35. The van der Waals surface area contributed by atoms with E-state index in [1.54, 1.807) is 0 Å². The molecule has 0 fully saturated rings. The lowest BCUT2D eigenvalue weighted by Gasteiger charge is -2.43. The van der Waals surface area contributed by atoms with E-state index in [1.165, 1.54) is 0 Å². The summed E-state index contributed by atoms with van der Waals surface area (Å²) < 4.78 is 306. The number of nitrogens with zero attached hydrogens (tertiary/aromatic N) is 1. The van der Waals surface area contributed by atoms with E-state index in [-0.39, 0.29) is 6.92 Å². The van der Waals surface area contributed by atoms with Crippen LogP contribution in [0, 0.1) is 0 Å². The number of hydrogen-bond donors (Lipinski definition) is 0. The summed E-state index contributed by atoms with van der Waals surface area (Å²) in [6, 6.07) is -7.12. The summed E-state index contributed by atoms with van der Waals surface area (Å²) in [7, 11) is -8.85. The summed E-state index contributed by atoms with van der Waals surface area (Å²) in [5.41, 5.74) is -1.24. The fourth-order valence-electron chi connectivity index (χ4n) is 2.38. The fraction of sp³-hybridized carbons (Fsp3) is 0.812. The van der Waals surface area contributed by atoms with E-state index in [2.05, 4.69) is 11.3 Å². The van der Waals surface area contributed by atoms with Crippen molar-refractivity contribution in [3.63, 3.8) is 0 Å². The van der Waals surface area contributed by atoms with Gasteiger partial charge >= 0.3 is 65.1 Å². The van der Waals surface area contributed by atoms with E-state index < -0.39 is 91.5 Å². The van der Waals surface area contributed by atoms with Crippen LogP contribution in [0.5, 0.6) is 0 Å². The molecule has 0 saturated carbocycles. The minimum atomic E-state index is -9.28. The Labute approximate surface area is 223 Å². The normalized spacial score (nSPS) is 16.0. The maximum Gasteiger partial charge on any atom is 0.483 e. The van der Waals surface area contributed by atoms with Crippen LogP contribution in [0.4, 0.5) is 92.2 Å². The van der Waals surface area contributed by atoms with Gasteiger partial charge in [0.15, 0.2) is 0 Å². The molecule has 0 aromatic carbocycles. The number of rotatable bonds is 13. The van der Waals surface area contributed by atoms with Gasteiger partial charge in [0.2, 0.25) is 0 Å². The zero-order valence-corrected chi connectivity index (χ0v) is 20.7. The molecule has 0 atom stereocenters. The Morgan fingerprint density at radius 2 is 0.930 bits per heavy atom. The second-order valence-electron chi connectivity index (χ2n) is 7.86. The number of sulfonamides is 1. The van der Waals surface area contributed by atoms with Crippen molar-refractivity contribution in [1.82, 2.24) is 4.31 Å². The summed E-state index contributed by atoms with van der Waals surface area (Å²) in [4.78, 5) is 11.1. The van der Waals surface area contributed by atoms with Crippen molar-refractivity contribution in [2.45, 2.75) is 73.0 Å². The third-order valence-corrected chi connectivity index (χ3v) is 6.80. The van der Waals surface area contributed by atoms with Gasteiger partial charge in [-0.3, -0.25) is 0 Å². The fourth-order valence-corrected chi connectivity index (χ4v) is 3.86. The lowest BCUT2D eigenvalue weighted by atomic mass is 9.91. The number of likely N-dealkylation sites (N-methyl/N-ethyl adjacent to an activating group) is 1. The minimum absolute atomic E-state index is 0.281. The predicted molar refractivity (Wildman–Crippen MR) is 92.8 cm³/mol. The average Bonchev–Trinajstić information content (AvgIpc) is 2.76. The van der Waals surface area contributed by atoms with Crippen molar-refractivity contribution in [2.75, 3.05) is 6.54 Å². The number of alkyl halides is 21. The third kappa shape index (κ3) is 5.44. The van der Waals surface area contributed by atoms with Gasteiger partial charge in [0.25, 0.3) is 10.0 Å². The molecule has 0 N–H and O–H groups in total. The van der Waals surface area contributed by atoms with Gasteiger partial charge in [0, 0.05) is 12.1 Å². The lowest BCUT2D eigenvalue weighted by molar-refractivity contribution is -0.458. The van der Waals surface area contributed by atoms with Crippen LogP contribution >= 0.6 is 0 Å². The van der Waals surface area contributed by atoms with Crippen LogP contribution in [-0.2, 0) is 19.6 Å². The Morgan fingerprint density at radius 3 is 1.21 bits per heavy atom. The van der Waals surface area contributed by atoms with Gasteiger partial charge < -0.3 is 4.74 Å². The number of carbonyl (C=O) groups excluding carboxylic acids is 1. The van der Waals surface area contributed by atoms with E-state index in [0.717, 1.165) is 0 Å². The molecule has 0 aliphatic heterocycles. The maximum atomic E-state index is 14.2. The highest BCUT2D eigenvalue weighted by molar-refractivity contribution is 7.90. The monoisotopic (exact) mass is 711 g/mol. The molecule has 0 saturated heterocycles. The first-order valence-electron chi connectivity index (χ1n) is 9.65. The second-order valence-corrected chi connectivity index (χ2v) is 9.76. The number of esters is 1. The molecule has 0 heterocycles. The van der Waals surface area contributed by atoms with Gasteiger partial charge in [-0.15, -0.1) is 4.31 Å². The van der Waals surface area contributed by atoms with Crippen LogP contribution in [-0.4, -0.2) is 84.4 Å². The largest absolute Gasteiger partial charge is 0.483 e. The molecule has 0 amide bonds. The number of halogens is 21. The first-order valence-corrected chi connectivity index (χ1v) is 11.1. The lowest BCUT2D eigenvalue weighted by Crippen LogP contribution is -2.75. The Balaban J connectivity index is 7.32. The van der Waals surface area contributed by atoms with Crippen LogP contribution in [0.15, 0.2) is 12.2 Å². The summed E-state index contributed by atoms with van der Waals surface area (Å²) in [6.45, 7) is -0.0454. The average molecular weight is 711 g/mol. The predicted octanol–water partition coefficient (Wildman–Crippen LogP) is 6.91. The van der Waals surface area contributed by atoms with Crippen molar-refractivity contribution in [3.8, 4) is 0 Å². The summed E-state index contributed by atoms with van der Waals surface area (Å²) >= 11 is 0. The van der Waals surface area contributed by atoms with E-state index in [9.17, 15) is 105 Å². The van der Waals surface area contributed by atoms with Gasteiger partial charge in [-0.1, -0.05) is 13.5 Å². The maximum absolute atomic E-state index is 14.2. The van der Waals surface area contributed by atoms with Crippen LogP contribution in [0.1, 0.15) is 13.8 Å². The van der Waals surface area contributed by atoms with Crippen molar-refractivity contribution in [3.05, 3.63) is 12.2 Å². The van der Waals surface area contributed by atoms with Crippen LogP contribution in [0.3, 0.4) is 0 Å². The van der Waals surface area contributed by atoms with Crippen molar-refractivity contribution < 1.29 is 110 Å². The number of hydrogen-bond acceptors (Lipinski definition) is 4. The zero-order chi connectivity index (χ0) is 35.6. The molecule has 256 valence electrons. The van der Waals surface area contributed by atoms with Gasteiger partial charge in [-0.25, -0.2) is 13.2 Å². The van der Waals surface area contributed by atoms with E-state index >= 15 is 0 Å². The van der Waals surface area contributed by atoms with Gasteiger partial charge in [0.05, 0.1) is 0 Å². The minimum Gasteiger partial charge on any atom is -0.392 e. The first kappa shape index (κ1) is 40.6. The van der Waals surface area contributed by atoms with E-state index in [4.69, 9.17) is 0 Å². The Bertz CT molecular complexity index is 1190. The smallest absolute Gasteiger partial charge is 0.392 e. The van der Waals surface area contributed by atoms with E-state index in [0.29, 0.717) is 6.92 Å². The van der Waals surface area contributed by atoms with Gasteiger partial charge in [-0.2, -0.15) is 92.2 Å². The van der Waals surface area contributed by atoms with Crippen molar-refractivity contribution in [2.24, 2.45) is 0 Å². The molecule has 0 bridgehead atoms. The zero-order valence-electron chi connectivity index (χ0n) is 19.8. The second kappa shape index (κ2) is 10.6. The highest BCUT2D eigenvalue weighted by Crippen LogP contribution is 2.64. The van der Waals surface area contributed by atoms with Crippen molar-refractivity contribution in [1.29, 1.82) is 0 Å². The molecule has 0 unspecified atom stereocenters. The number of carbonyl (C=O) groups is 1. The Kier molecular flexibility index (Phi) is 10.0. The van der Waals surface area contributed by atoms with Crippen LogP contribution in [0.25, 0.3) is 0 Å². The summed E-state index contributed by atoms with van der Waals surface area (Å²) in [5.74, 6) is -56.8. The molecule has 0 aliphatic carbocycles. The first-order chi connectivity index (χ1) is 18.3. The molecule has 0 spiro atoms. The van der Waals surface area contributed by atoms with Gasteiger partial charge in [-0.05, 0) is 6.92 Å². The number of ether oxygens (including phenoxy) is 1. The molecule has 0 aromatic heterocycles. The highest BCUT2D eigenvalue weighted by Gasteiger charge is 2.96. The third-order valence-electron chi connectivity index (χ3n) is 4.83. The molecule has 5 nitrogen and oxygen atoms in total. The summed E-state index contributed by atoms with van der Waals surface area (Å²) in [6.07, 6.45) is -14.9. The highest BCUT2D eigenvalue weighted by atomic mass is 32.2. The Morgan fingerprint density at radius 1 is 0.628 bits per heavy atom. The van der Waals surface area contributed by atoms with Crippen molar-refractivity contribution >= 4 is 16.0 Å². The summed E-state index contributed by atoms with van der Waals surface area (Å²) in [5, 5.41) is -8.56. The van der Waals surface area contributed by atoms with Gasteiger partial charge in [0.1, 0.15) is 0 Å². The molecule has 27 heteroatoms. The molecule has 0 rings (SSSR count). The molecule has 0 aromatic rings. The topological polar surface area (TPSA) is 63.7 Å². The van der Waals surface area contributed by atoms with E-state index in [1.807, 2.05) is 0 Å². The van der Waals surface area contributed by atoms with Crippen LogP contribution < -0.4 is 0 Å². The molecule has 43 heavy (non-hydrogen) atoms. The molecular formula is C16H10F21NO4S. The molecular weight excluding hydrogens is 701 g/mol.